The van der Waals surface area contributed by atoms with E-state index >= 15 is 0 Å². The van der Waals surface area contributed by atoms with Gasteiger partial charge in [0.05, 0.1) is 5.71 Å². The second-order valence-corrected chi connectivity index (χ2v) is 5.94. The average Bonchev–Trinajstić information content (AvgIpc) is 2.82. The summed E-state index contributed by atoms with van der Waals surface area (Å²) in [6, 6.07) is 21.8. The maximum absolute atomic E-state index is 10.2. The Morgan fingerprint density at radius 2 is 1.56 bits per heavy atom. The van der Waals surface area contributed by atoms with E-state index in [9.17, 15) is 10.2 Å². The summed E-state index contributed by atoms with van der Waals surface area (Å²) < 4.78 is 6.18. The molecule has 4 heteroatoms. The first-order chi connectivity index (χ1) is 12.2. The van der Waals surface area contributed by atoms with E-state index < -0.39 is 0 Å². The maximum Gasteiger partial charge on any atom is 0.145 e. The lowest BCUT2D eigenvalue weighted by Crippen LogP contribution is -2.12. The van der Waals surface area contributed by atoms with Crippen molar-refractivity contribution in [1.82, 2.24) is 0 Å². The molecule has 3 aromatic carbocycles. The molecule has 1 unspecified atom stereocenters. The van der Waals surface area contributed by atoms with Crippen LogP contribution in [0.2, 0.25) is 0 Å². The molecule has 1 aliphatic rings. The minimum atomic E-state index is -0.350. The van der Waals surface area contributed by atoms with Gasteiger partial charge in [-0.05, 0) is 48.0 Å². The van der Waals surface area contributed by atoms with Crippen LogP contribution in [-0.4, -0.2) is 15.9 Å². The highest BCUT2D eigenvalue weighted by Crippen LogP contribution is 2.39. The summed E-state index contributed by atoms with van der Waals surface area (Å²) in [4.78, 5) is 4.77. The van der Waals surface area contributed by atoms with E-state index in [4.69, 9.17) is 9.73 Å². The third-order valence-electron chi connectivity index (χ3n) is 4.25. The zero-order valence-electron chi connectivity index (χ0n) is 13.5. The highest BCUT2D eigenvalue weighted by atomic mass is 16.5. The molecule has 0 amide bonds. The summed E-state index contributed by atoms with van der Waals surface area (Å²) in [6.45, 7) is 0. The Hall–Kier alpha value is -3.27. The van der Waals surface area contributed by atoms with Gasteiger partial charge in [-0.3, -0.25) is 0 Å². The summed E-state index contributed by atoms with van der Waals surface area (Å²) in [7, 11) is 0. The third kappa shape index (κ3) is 3.06. The molecule has 1 aliphatic heterocycles. The standard InChI is InChI=1S/C21H17NO3/c23-15-11-9-14(10-12-15)18-13-21(16-5-1-3-7-19(16)24)25-20-8-4-2-6-17(20)22-18/h1-12,21,23-24H,13H2. The van der Waals surface area contributed by atoms with Gasteiger partial charge in [-0.15, -0.1) is 0 Å². The van der Waals surface area contributed by atoms with Gasteiger partial charge in [0.1, 0.15) is 29.0 Å². The van der Waals surface area contributed by atoms with E-state index in [-0.39, 0.29) is 17.6 Å². The van der Waals surface area contributed by atoms with Gasteiger partial charge in [0.2, 0.25) is 0 Å². The molecule has 0 radical (unpaired) electrons. The van der Waals surface area contributed by atoms with Gasteiger partial charge in [0.15, 0.2) is 0 Å². The van der Waals surface area contributed by atoms with E-state index in [1.807, 2.05) is 48.5 Å². The van der Waals surface area contributed by atoms with Crippen molar-refractivity contribution in [3.05, 3.63) is 83.9 Å². The quantitative estimate of drug-likeness (QED) is 0.713. The molecule has 124 valence electrons. The number of nitrogens with zero attached hydrogens (tertiary/aromatic N) is 1. The number of fused-ring (bicyclic) bond motifs is 1. The van der Waals surface area contributed by atoms with Crippen molar-refractivity contribution in [3.63, 3.8) is 0 Å². The number of aromatic hydroxyl groups is 2. The van der Waals surface area contributed by atoms with Crippen LogP contribution in [0.25, 0.3) is 0 Å². The van der Waals surface area contributed by atoms with Crippen LogP contribution >= 0.6 is 0 Å². The van der Waals surface area contributed by atoms with Crippen molar-refractivity contribution < 1.29 is 14.9 Å². The van der Waals surface area contributed by atoms with Gasteiger partial charge >= 0.3 is 0 Å². The molecule has 4 rings (SSSR count). The highest BCUT2D eigenvalue weighted by Gasteiger charge is 2.24. The first-order valence-electron chi connectivity index (χ1n) is 8.11. The van der Waals surface area contributed by atoms with Crippen LogP contribution in [0, 0.1) is 0 Å². The number of aliphatic imine (C=N–C) groups is 1. The minimum absolute atomic E-state index is 0.205. The molecule has 0 saturated heterocycles. The topological polar surface area (TPSA) is 62.1 Å². The molecule has 4 nitrogen and oxygen atoms in total. The van der Waals surface area contributed by atoms with Gasteiger partial charge in [0.25, 0.3) is 0 Å². The summed E-state index contributed by atoms with van der Waals surface area (Å²) in [5.41, 5.74) is 3.24. The number of phenols is 2. The van der Waals surface area contributed by atoms with Gasteiger partial charge in [0, 0.05) is 12.0 Å². The molecule has 0 aliphatic carbocycles. The fourth-order valence-electron chi connectivity index (χ4n) is 2.98. The average molecular weight is 331 g/mol. The lowest BCUT2D eigenvalue weighted by molar-refractivity contribution is 0.213. The zero-order chi connectivity index (χ0) is 17.2. The van der Waals surface area contributed by atoms with Gasteiger partial charge in [-0.1, -0.05) is 30.3 Å². The highest BCUT2D eigenvalue weighted by molar-refractivity contribution is 6.03. The normalized spacial score (nSPS) is 16.3. The number of ether oxygens (including phenoxy) is 1. The monoisotopic (exact) mass is 331 g/mol. The molecule has 0 fully saturated rings. The molecule has 0 saturated carbocycles. The number of hydrogen-bond donors (Lipinski definition) is 2. The van der Waals surface area contributed by atoms with Crippen LogP contribution in [0.5, 0.6) is 17.2 Å². The van der Waals surface area contributed by atoms with E-state index in [2.05, 4.69) is 0 Å². The van der Waals surface area contributed by atoms with Crippen LogP contribution in [0.4, 0.5) is 5.69 Å². The van der Waals surface area contributed by atoms with Crippen molar-refractivity contribution in [1.29, 1.82) is 0 Å². The Morgan fingerprint density at radius 1 is 0.840 bits per heavy atom. The SMILES string of the molecule is Oc1ccc(C2=Nc3ccccc3OC(c3ccccc3O)C2)cc1. The van der Waals surface area contributed by atoms with E-state index in [0.29, 0.717) is 12.2 Å². The maximum atomic E-state index is 10.2. The molecule has 25 heavy (non-hydrogen) atoms. The zero-order valence-corrected chi connectivity index (χ0v) is 13.5. The number of para-hydroxylation sites is 3. The number of benzene rings is 3. The lowest BCUT2D eigenvalue weighted by atomic mass is 9.98. The Morgan fingerprint density at radius 3 is 2.36 bits per heavy atom. The lowest BCUT2D eigenvalue weighted by Gasteiger charge is -2.19. The summed E-state index contributed by atoms with van der Waals surface area (Å²) in [5, 5.41) is 19.8. The Kier molecular flexibility index (Phi) is 3.86. The fourth-order valence-corrected chi connectivity index (χ4v) is 2.98. The van der Waals surface area contributed by atoms with Gasteiger partial charge < -0.3 is 14.9 Å². The fraction of sp³-hybridized carbons (Fsp3) is 0.0952. The van der Waals surface area contributed by atoms with E-state index in [1.165, 1.54) is 0 Å². The molecule has 2 N–H and O–H groups in total. The van der Waals surface area contributed by atoms with Crippen LogP contribution in [0.1, 0.15) is 23.7 Å². The van der Waals surface area contributed by atoms with Crippen molar-refractivity contribution in [2.45, 2.75) is 12.5 Å². The molecule has 0 spiro atoms. The summed E-state index contributed by atoms with van der Waals surface area (Å²) in [5.74, 6) is 1.10. The molecule has 1 heterocycles. The molecule has 3 aromatic rings. The first-order valence-corrected chi connectivity index (χ1v) is 8.11. The van der Waals surface area contributed by atoms with Crippen LogP contribution in [0.15, 0.2) is 77.8 Å². The predicted molar refractivity (Wildman–Crippen MR) is 96.8 cm³/mol. The van der Waals surface area contributed by atoms with Gasteiger partial charge in [-0.25, -0.2) is 4.99 Å². The molecule has 0 aromatic heterocycles. The first kappa shape index (κ1) is 15.3. The Labute approximate surface area is 145 Å². The van der Waals surface area contributed by atoms with Crippen LogP contribution in [-0.2, 0) is 0 Å². The van der Waals surface area contributed by atoms with Crippen LogP contribution in [0.3, 0.4) is 0 Å². The van der Waals surface area contributed by atoms with E-state index in [0.717, 1.165) is 22.5 Å². The predicted octanol–water partition coefficient (Wildman–Crippen LogP) is 4.74. The number of rotatable bonds is 2. The Bertz CT molecular complexity index is 932. The van der Waals surface area contributed by atoms with E-state index in [1.54, 1.807) is 24.3 Å². The minimum Gasteiger partial charge on any atom is -0.508 e. The molecule has 0 bridgehead atoms. The molecular formula is C21H17NO3. The smallest absolute Gasteiger partial charge is 0.145 e. The number of hydrogen-bond acceptors (Lipinski definition) is 4. The second kappa shape index (κ2) is 6.32. The third-order valence-corrected chi connectivity index (χ3v) is 4.25. The van der Waals surface area contributed by atoms with Crippen molar-refractivity contribution in [3.8, 4) is 17.2 Å². The summed E-state index contributed by atoms with van der Waals surface area (Å²) in [6.07, 6.45) is 0.161. The Balaban J connectivity index is 1.82. The van der Waals surface area contributed by atoms with Crippen molar-refractivity contribution in [2.24, 2.45) is 4.99 Å². The van der Waals surface area contributed by atoms with Crippen molar-refractivity contribution >= 4 is 11.4 Å². The van der Waals surface area contributed by atoms with Gasteiger partial charge in [-0.2, -0.15) is 0 Å². The largest absolute Gasteiger partial charge is 0.508 e. The summed E-state index contributed by atoms with van der Waals surface area (Å²) >= 11 is 0. The van der Waals surface area contributed by atoms with Crippen LogP contribution < -0.4 is 4.74 Å². The molecular weight excluding hydrogens is 314 g/mol. The second-order valence-electron chi connectivity index (χ2n) is 5.94. The van der Waals surface area contributed by atoms with Crippen molar-refractivity contribution in [2.75, 3.05) is 0 Å². The number of phenolic OH excluding ortho intramolecular Hbond substituents is 2. The molecule has 1 atom stereocenters.